The number of carbonyl (C=O) groups excluding carboxylic acids is 3. The van der Waals surface area contributed by atoms with Crippen molar-refractivity contribution in [1.82, 2.24) is 19.6 Å². The van der Waals surface area contributed by atoms with E-state index in [4.69, 9.17) is 9.47 Å². The number of likely N-dealkylation sites (tertiary alicyclic amines) is 1. The third-order valence-corrected chi connectivity index (χ3v) is 8.71. The first-order valence-corrected chi connectivity index (χ1v) is 14.0. The number of hydrogen-bond acceptors (Lipinski definition) is 6. The number of nitrogens with zero attached hydrogens (tertiary/aromatic N) is 4. The van der Waals surface area contributed by atoms with Crippen molar-refractivity contribution in [2.45, 2.75) is 24.5 Å². The highest BCUT2D eigenvalue weighted by Gasteiger charge is 2.58. The molecule has 0 aliphatic carbocycles. The Morgan fingerprint density at radius 2 is 1.41 bits per heavy atom. The van der Waals surface area contributed by atoms with Crippen LogP contribution in [0.15, 0.2) is 60.7 Å². The molecule has 9 heteroatoms. The van der Waals surface area contributed by atoms with E-state index in [0.717, 1.165) is 37.1 Å². The molecule has 0 aromatic heterocycles. The first-order valence-electron chi connectivity index (χ1n) is 14.0. The van der Waals surface area contributed by atoms with Crippen molar-refractivity contribution in [2.75, 3.05) is 65.6 Å². The van der Waals surface area contributed by atoms with Crippen molar-refractivity contribution in [3.8, 4) is 0 Å². The molecule has 2 aromatic carbocycles. The fraction of sp³-hybridized carbons (Fsp3) is 0.500. The van der Waals surface area contributed by atoms with Crippen LogP contribution in [0.5, 0.6) is 0 Å². The van der Waals surface area contributed by atoms with Crippen LogP contribution >= 0.6 is 0 Å². The van der Waals surface area contributed by atoms with Gasteiger partial charge in [-0.2, -0.15) is 0 Å². The van der Waals surface area contributed by atoms with Gasteiger partial charge in [0.1, 0.15) is 6.04 Å². The summed E-state index contributed by atoms with van der Waals surface area (Å²) < 4.78 is 11.6. The SMILES string of the molecule is O=C(CN1CCC(C(=O)N2CCN3C(=O)OC(c4ccccc4)(c4ccccc4)C3C2)CC1)N1CCOCC1. The lowest BCUT2D eigenvalue weighted by Gasteiger charge is -2.43. The Hall–Kier alpha value is -3.43. The monoisotopic (exact) mass is 532 g/mol. The molecule has 206 valence electrons. The third kappa shape index (κ3) is 4.89. The molecule has 0 bridgehead atoms. The molecule has 4 saturated heterocycles. The zero-order chi connectivity index (χ0) is 26.8. The van der Waals surface area contributed by atoms with Gasteiger partial charge in [-0.1, -0.05) is 60.7 Å². The number of morpholine rings is 1. The van der Waals surface area contributed by atoms with Crippen LogP contribution in [0.25, 0.3) is 0 Å². The summed E-state index contributed by atoms with van der Waals surface area (Å²) in [4.78, 5) is 47.3. The minimum atomic E-state index is -0.984. The number of rotatable bonds is 5. The molecular weight excluding hydrogens is 496 g/mol. The molecule has 3 amide bonds. The second-order valence-corrected chi connectivity index (χ2v) is 10.9. The number of cyclic esters (lactones) is 1. The van der Waals surface area contributed by atoms with E-state index in [2.05, 4.69) is 4.90 Å². The highest BCUT2D eigenvalue weighted by molar-refractivity contribution is 5.81. The third-order valence-electron chi connectivity index (χ3n) is 8.71. The summed E-state index contributed by atoms with van der Waals surface area (Å²) >= 11 is 0. The van der Waals surface area contributed by atoms with Crippen molar-refractivity contribution < 1.29 is 23.9 Å². The maximum Gasteiger partial charge on any atom is 0.411 e. The fourth-order valence-corrected chi connectivity index (χ4v) is 6.56. The van der Waals surface area contributed by atoms with Crippen LogP contribution in [0.4, 0.5) is 4.79 Å². The van der Waals surface area contributed by atoms with Gasteiger partial charge < -0.3 is 19.3 Å². The molecule has 1 unspecified atom stereocenters. The molecule has 0 saturated carbocycles. The van der Waals surface area contributed by atoms with E-state index in [1.807, 2.05) is 70.5 Å². The topological polar surface area (TPSA) is 82.6 Å². The molecule has 0 N–H and O–H groups in total. The first-order chi connectivity index (χ1) is 19.1. The van der Waals surface area contributed by atoms with Gasteiger partial charge in [0.2, 0.25) is 11.8 Å². The molecule has 4 aliphatic rings. The maximum absolute atomic E-state index is 13.8. The predicted octanol–water partition coefficient (Wildman–Crippen LogP) is 2.16. The van der Waals surface area contributed by atoms with Crippen molar-refractivity contribution in [3.63, 3.8) is 0 Å². The van der Waals surface area contributed by atoms with Gasteiger partial charge in [0, 0.05) is 49.8 Å². The Kier molecular flexibility index (Phi) is 7.27. The molecule has 0 spiro atoms. The molecule has 2 aromatic rings. The molecule has 1 atom stereocenters. The minimum Gasteiger partial charge on any atom is -0.431 e. The van der Waals surface area contributed by atoms with E-state index in [-0.39, 0.29) is 29.9 Å². The molecule has 0 radical (unpaired) electrons. The molecule has 9 nitrogen and oxygen atoms in total. The minimum absolute atomic E-state index is 0.0767. The Morgan fingerprint density at radius 3 is 2.03 bits per heavy atom. The van der Waals surface area contributed by atoms with E-state index in [1.54, 1.807) is 4.90 Å². The molecule has 4 fully saturated rings. The molecule has 4 heterocycles. The number of carbonyl (C=O) groups is 3. The van der Waals surface area contributed by atoms with Crippen molar-refractivity contribution in [1.29, 1.82) is 0 Å². The lowest BCUT2D eigenvalue weighted by molar-refractivity contribution is -0.140. The Bertz CT molecular complexity index is 1140. The van der Waals surface area contributed by atoms with Gasteiger partial charge >= 0.3 is 6.09 Å². The van der Waals surface area contributed by atoms with Crippen LogP contribution in [0.3, 0.4) is 0 Å². The van der Waals surface area contributed by atoms with Gasteiger partial charge in [-0.05, 0) is 25.9 Å². The highest BCUT2D eigenvalue weighted by Crippen LogP contribution is 2.46. The number of amides is 3. The van der Waals surface area contributed by atoms with Gasteiger partial charge in [-0.15, -0.1) is 0 Å². The van der Waals surface area contributed by atoms with Crippen molar-refractivity contribution in [2.24, 2.45) is 5.92 Å². The first kappa shape index (κ1) is 25.8. The van der Waals surface area contributed by atoms with Crippen LogP contribution in [-0.4, -0.2) is 109 Å². The smallest absolute Gasteiger partial charge is 0.411 e. The lowest BCUT2D eigenvalue weighted by atomic mass is 9.79. The summed E-state index contributed by atoms with van der Waals surface area (Å²) in [5, 5.41) is 0. The summed E-state index contributed by atoms with van der Waals surface area (Å²) in [6.07, 6.45) is 1.13. The number of piperazine rings is 1. The van der Waals surface area contributed by atoms with E-state index < -0.39 is 5.60 Å². The van der Waals surface area contributed by atoms with Gasteiger partial charge in [-0.25, -0.2) is 4.79 Å². The predicted molar refractivity (Wildman–Crippen MR) is 144 cm³/mol. The Labute approximate surface area is 229 Å². The second-order valence-electron chi connectivity index (χ2n) is 10.9. The number of fused-ring (bicyclic) bond motifs is 1. The second kappa shape index (κ2) is 11.0. The zero-order valence-corrected chi connectivity index (χ0v) is 22.2. The van der Waals surface area contributed by atoms with Crippen molar-refractivity contribution >= 4 is 17.9 Å². The van der Waals surface area contributed by atoms with Crippen LogP contribution in [-0.2, 0) is 24.7 Å². The molecule has 39 heavy (non-hydrogen) atoms. The highest BCUT2D eigenvalue weighted by atomic mass is 16.6. The average Bonchev–Trinajstić information content (AvgIpc) is 3.31. The van der Waals surface area contributed by atoms with Crippen molar-refractivity contribution in [3.05, 3.63) is 71.8 Å². The number of hydrogen-bond donors (Lipinski definition) is 0. The largest absolute Gasteiger partial charge is 0.431 e. The lowest BCUT2D eigenvalue weighted by Crippen LogP contribution is -2.59. The Balaban J connectivity index is 1.15. The van der Waals surface area contributed by atoms with Crippen LogP contribution in [0.2, 0.25) is 0 Å². The summed E-state index contributed by atoms with van der Waals surface area (Å²) in [5.74, 6) is 0.207. The average molecular weight is 533 g/mol. The maximum atomic E-state index is 13.8. The number of piperidine rings is 1. The molecule has 6 rings (SSSR count). The molecule has 4 aliphatic heterocycles. The van der Waals surface area contributed by atoms with Crippen LogP contribution in [0, 0.1) is 5.92 Å². The van der Waals surface area contributed by atoms with E-state index in [1.165, 1.54) is 0 Å². The van der Waals surface area contributed by atoms with E-state index in [0.29, 0.717) is 52.5 Å². The van der Waals surface area contributed by atoms with Crippen LogP contribution < -0.4 is 0 Å². The summed E-state index contributed by atoms with van der Waals surface area (Å²) in [6.45, 7) is 5.74. The Morgan fingerprint density at radius 1 is 0.795 bits per heavy atom. The van der Waals surface area contributed by atoms with E-state index >= 15 is 0 Å². The van der Waals surface area contributed by atoms with Gasteiger partial charge in [-0.3, -0.25) is 19.4 Å². The van der Waals surface area contributed by atoms with Gasteiger partial charge in [0.25, 0.3) is 0 Å². The number of benzene rings is 2. The van der Waals surface area contributed by atoms with Gasteiger partial charge in [0.05, 0.1) is 19.8 Å². The standard InChI is InChI=1S/C30H36N4O5/c35-27(32-17-19-38-20-18-32)22-31-13-11-23(12-14-31)28(36)33-15-16-34-26(21-33)30(39-29(34)37,24-7-3-1-4-8-24)25-9-5-2-6-10-25/h1-10,23,26H,11-22H2. The fourth-order valence-electron chi connectivity index (χ4n) is 6.56. The molecular formula is C30H36N4O5. The van der Waals surface area contributed by atoms with E-state index in [9.17, 15) is 14.4 Å². The quantitative estimate of drug-likeness (QED) is 0.587. The summed E-state index contributed by atoms with van der Waals surface area (Å²) in [5.41, 5.74) is 0.830. The summed E-state index contributed by atoms with van der Waals surface area (Å²) in [6, 6.07) is 19.4. The number of ether oxygens (including phenoxy) is 2. The van der Waals surface area contributed by atoms with Crippen LogP contribution in [0.1, 0.15) is 24.0 Å². The normalized spacial score (nSPS) is 23.8. The van der Waals surface area contributed by atoms with Gasteiger partial charge in [0.15, 0.2) is 5.60 Å². The summed E-state index contributed by atoms with van der Waals surface area (Å²) in [7, 11) is 0. The zero-order valence-electron chi connectivity index (χ0n) is 22.2.